The van der Waals surface area contributed by atoms with E-state index in [4.69, 9.17) is 4.74 Å². The molecular weight excluding hydrogens is 464 g/mol. The lowest BCUT2D eigenvalue weighted by Crippen LogP contribution is -2.52. The van der Waals surface area contributed by atoms with E-state index in [0.29, 0.717) is 24.2 Å². The van der Waals surface area contributed by atoms with Crippen LogP contribution in [0, 0.1) is 11.3 Å². The van der Waals surface area contributed by atoms with E-state index >= 15 is 0 Å². The van der Waals surface area contributed by atoms with Crippen LogP contribution in [-0.2, 0) is 22.6 Å². The van der Waals surface area contributed by atoms with Gasteiger partial charge in [-0.3, -0.25) is 9.59 Å². The van der Waals surface area contributed by atoms with Crippen LogP contribution < -0.4 is 20.3 Å². The van der Waals surface area contributed by atoms with Crippen molar-refractivity contribution in [3.05, 3.63) is 71.3 Å². The number of anilines is 1. The number of carbonyl (C=O) groups is 2. The van der Waals surface area contributed by atoms with Gasteiger partial charge < -0.3 is 20.3 Å². The third-order valence-electron chi connectivity index (χ3n) is 6.45. The third kappa shape index (κ3) is 5.24. The number of methoxy groups -OCH3 is 1. The van der Waals surface area contributed by atoms with Gasteiger partial charge in [-0.15, -0.1) is 12.4 Å². The summed E-state index contributed by atoms with van der Waals surface area (Å²) < 4.78 is 5.66. The minimum atomic E-state index is -0.647. The van der Waals surface area contributed by atoms with Gasteiger partial charge >= 0.3 is 0 Å². The summed E-state index contributed by atoms with van der Waals surface area (Å²) in [7, 11) is 3.31. The van der Waals surface area contributed by atoms with Gasteiger partial charge in [0, 0.05) is 11.3 Å². The molecule has 0 aromatic heterocycles. The largest absolute Gasteiger partial charge is 0.496 e. The van der Waals surface area contributed by atoms with Gasteiger partial charge in [-0.2, -0.15) is 5.26 Å². The Morgan fingerprint density at radius 1 is 1.23 bits per heavy atom. The Bertz CT molecular complexity index is 1290. The Hall–Kier alpha value is -3.60. The number of hydrogen-bond donors (Lipinski definition) is 2. The molecule has 2 atom stereocenters. The summed E-state index contributed by atoms with van der Waals surface area (Å²) in [6.45, 7) is 2.01. The molecule has 8 heteroatoms. The van der Waals surface area contributed by atoms with Crippen LogP contribution in [0.2, 0.25) is 0 Å². The zero-order chi connectivity index (χ0) is 24.2. The molecule has 1 aliphatic heterocycles. The van der Waals surface area contributed by atoms with Crippen LogP contribution in [0.5, 0.6) is 5.75 Å². The molecule has 35 heavy (non-hydrogen) atoms. The van der Waals surface area contributed by atoms with E-state index in [0.717, 1.165) is 27.6 Å². The van der Waals surface area contributed by atoms with E-state index in [1.807, 2.05) is 48.5 Å². The number of carbonyl (C=O) groups excluding carboxylic acids is 2. The van der Waals surface area contributed by atoms with E-state index in [1.54, 1.807) is 32.0 Å². The van der Waals surface area contributed by atoms with Gasteiger partial charge in [0.05, 0.1) is 31.3 Å². The van der Waals surface area contributed by atoms with Crippen molar-refractivity contribution in [1.29, 1.82) is 5.26 Å². The number of likely N-dealkylation sites (N-methyl/N-ethyl adjacent to an activating group) is 1. The highest BCUT2D eigenvalue weighted by Crippen LogP contribution is 2.34. The molecule has 2 N–H and O–H groups in total. The minimum absolute atomic E-state index is 0. The van der Waals surface area contributed by atoms with Gasteiger partial charge in [0.1, 0.15) is 11.8 Å². The molecule has 0 saturated heterocycles. The lowest BCUT2D eigenvalue weighted by molar-refractivity contribution is -0.128. The number of fused-ring (bicyclic) bond motifs is 2. The van der Waals surface area contributed by atoms with Crippen molar-refractivity contribution in [1.82, 2.24) is 10.6 Å². The molecular formula is C27H29ClN4O3. The van der Waals surface area contributed by atoms with E-state index < -0.39 is 12.1 Å². The first-order valence-corrected chi connectivity index (χ1v) is 11.3. The van der Waals surface area contributed by atoms with Crippen LogP contribution in [0.4, 0.5) is 5.69 Å². The molecule has 4 rings (SSSR count). The molecule has 0 bridgehead atoms. The van der Waals surface area contributed by atoms with Crippen LogP contribution in [0.15, 0.2) is 54.6 Å². The first-order valence-electron chi connectivity index (χ1n) is 11.3. The zero-order valence-corrected chi connectivity index (χ0v) is 20.8. The van der Waals surface area contributed by atoms with Crippen molar-refractivity contribution in [2.45, 2.75) is 38.4 Å². The summed E-state index contributed by atoms with van der Waals surface area (Å²) in [5.74, 6) is 0.256. The maximum absolute atomic E-state index is 13.8. The number of rotatable bonds is 6. The van der Waals surface area contributed by atoms with Crippen LogP contribution in [0.3, 0.4) is 0 Å². The summed E-state index contributed by atoms with van der Waals surface area (Å²) in [5.41, 5.74) is 3.22. The van der Waals surface area contributed by atoms with Crippen molar-refractivity contribution >= 4 is 40.7 Å². The smallest absolute Gasteiger partial charge is 0.249 e. The molecule has 0 radical (unpaired) electrons. The first kappa shape index (κ1) is 26.0. The summed E-state index contributed by atoms with van der Waals surface area (Å²) >= 11 is 0. The number of para-hydroxylation sites is 1. The van der Waals surface area contributed by atoms with Gasteiger partial charge in [0.25, 0.3) is 0 Å². The fraction of sp³-hybridized carbons (Fsp3) is 0.296. The van der Waals surface area contributed by atoms with Gasteiger partial charge in [0.15, 0.2) is 0 Å². The van der Waals surface area contributed by atoms with Crippen molar-refractivity contribution in [2.24, 2.45) is 0 Å². The highest BCUT2D eigenvalue weighted by atomic mass is 35.5. The zero-order valence-electron chi connectivity index (χ0n) is 20.0. The molecule has 182 valence electrons. The Morgan fingerprint density at radius 2 is 1.97 bits per heavy atom. The maximum Gasteiger partial charge on any atom is 0.249 e. The number of nitrogens with zero attached hydrogens (tertiary/aromatic N) is 2. The molecule has 0 saturated carbocycles. The van der Waals surface area contributed by atoms with Crippen molar-refractivity contribution in [3.8, 4) is 11.8 Å². The topological polar surface area (TPSA) is 94.5 Å². The predicted molar refractivity (Wildman–Crippen MR) is 139 cm³/mol. The molecule has 3 aromatic rings. The van der Waals surface area contributed by atoms with E-state index in [-0.39, 0.29) is 30.8 Å². The molecule has 0 unspecified atom stereocenters. The molecule has 1 heterocycles. The Morgan fingerprint density at radius 3 is 2.69 bits per heavy atom. The second-order valence-corrected chi connectivity index (χ2v) is 8.46. The van der Waals surface area contributed by atoms with Crippen LogP contribution in [0.1, 0.15) is 30.0 Å². The monoisotopic (exact) mass is 492 g/mol. The average Bonchev–Trinajstić information content (AvgIpc) is 3.00. The van der Waals surface area contributed by atoms with Crippen LogP contribution in [-0.4, -0.2) is 38.1 Å². The summed E-state index contributed by atoms with van der Waals surface area (Å²) in [4.78, 5) is 28.1. The fourth-order valence-electron chi connectivity index (χ4n) is 4.38. The number of ether oxygens (including phenoxy) is 1. The standard InChI is InChI=1S/C27H28N4O3.ClH/c1-17(29-2)26(32)30-23-12-10-20-6-4-5-7-24(20)31(27(23)33)16-22-21-14-18(15-28)8-9-19(21)11-13-25(22)34-3;/h4-9,11,13-14,17,23,29H,10,12,16H2,1-3H3,(H,30,32);1H/t17-,23-;/m0./s1. The Balaban J connectivity index is 0.00000342. The minimum Gasteiger partial charge on any atom is -0.496 e. The number of benzene rings is 3. The Kier molecular flexibility index (Phi) is 8.34. The lowest BCUT2D eigenvalue weighted by atomic mass is 10.00. The molecule has 0 fully saturated rings. The van der Waals surface area contributed by atoms with Crippen molar-refractivity contribution in [3.63, 3.8) is 0 Å². The number of hydrogen-bond acceptors (Lipinski definition) is 5. The second kappa shape index (κ2) is 11.2. The molecule has 2 amide bonds. The number of amides is 2. The van der Waals surface area contributed by atoms with E-state index in [1.165, 1.54) is 0 Å². The van der Waals surface area contributed by atoms with E-state index in [2.05, 4.69) is 16.7 Å². The molecule has 3 aromatic carbocycles. The van der Waals surface area contributed by atoms with Gasteiger partial charge in [-0.25, -0.2) is 0 Å². The van der Waals surface area contributed by atoms with Crippen LogP contribution >= 0.6 is 12.4 Å². The second-order valence-electron chi connectivity index (χ2n) is 8.46. The van der Waals surface area contributed by atoms with Gasteiger partial charge in [-0.1, -0.05) is 30.3 Å². The highest BCUT2D eigenvalue weighted by molar-refractivity contribution is 6.01. The average molecular weight is 493 g/mol. The number of nitrogens with one attached hydrogen (secondary N) is 2. The summed E-state index contributed by atoms with van der Waals surface area (Å²) in [6, 6.07) is 18.3. The third-order valence-corrected chi connectivity index (χ3v) is 6.45. The number of nitriles is 1. The van der Waals surface area contributed by atoms with Crippen molar-refractivity contribution in [2.75, 3.05) is 19.1 Å². The van der Waals surface area contributed by atoms with E-state index in [9.17, 15) is 14.9 Å². The Labute approximate surface area is 211 Å². The molecule has 7 nitrogen and oxygen atoms in total. The number of halogens is 1. The highest BCUT2D eigenvalue weighted by Gasteiger charge is 2.33. The maximum atomic E-state index is 13.8. The van der Waals surface area contributed by atoms with Crippen molar-refractivity contribution < 1.29 is 14.3 Å². The van der Waals surface area contributed by atoms with Gasteiger partial charge in [-0.05, 0) is 67.4 Å². The molecule has 0 aliphatic carbocycles. The summed E-state index contributed by atoms with van der Waals surface area (Å²) in [5, 5.41) is 17.1. The number of aryl methyl sites for hydroxylation is 1. The van der Waals surface area contributed by atoms with Crippen LogP contribution in [0.25, 0.3) is 10.8 Å². The quantitative estimate of drug-likeness (QED) is 0.547. The van der Waals surface area contributed by atoms with Gasteiger partial charge in [0.2, 0.25) is 11.8 Å². The summed E-state index contributed by atoms with van der Waals surface area (Å²) in [6.07, 6.45) is 1.18. The predicted octanol–water partition coefficient (Wildman–Crippen LogP) is 3.71. The molecule has 0 spiro atoms. The lowest BCUT2D eigenvalue weighted by Gasteiger charge is -2.28. The fourth-order valence-corrected chi connectivity index (χ4v) is 4.38. The SMILES string of the molecule is CN[C@@H](C)C(=O)N[C@H]1CCc2ccccc2N(Cc2c(OC)ccc3ccc(C#N)cc23)C1=O.Cl. The first-order chi connectivity index (χ1) is 16.5. The normalized spacial score (nSPS) is 15.9. The molecule has 1 aliphatic rings.